The number of hydrogen-bond acceptors (Lipinski definition) is 9. The summed E-state index contributed by atoms with van der Waals surface area (Å²) in [5.74, 6) is 0.835. The average Bonchev–Trinajstić information content (AvgIpc) is 3.05. The van der Waals surface area contributed by atoms with Crippen LogP contribution < -0.4 is 24.8 Å². The maximum absolute atomic E-state index is 13.4. The van der Waals surface area contributed by atoms with Crippen LogP contribution in [0.4, 0.5) is 15.8 Å². The van der Waals surface area contributed by atoms with Gasteiger partial charge in [-0.15, -0.1) is 0 Å². The number of methoxy groups -OCH3 is 1. The number of benzene rings is 3. The van der Waals surface area contributed by atoms with Gasteiger partial charge in [-0.25, -0.2) is 14.4 Å². The fourth-order valence-electron chi connectivity index (χ4n) is 5.76. The number of rotatable bonds is 12. The number of nitrogens with zero attached hydrogens (tertiary/aromatic N) is 3. The summed E-state index contributed by atoms with van der Waals surface area (Å²) in [5.41, 5.74) is 1.17. The molecular weight excluding hydrogens is 605 g/mol. The standard InChI is InChI=1S/C35H38FN5O6/c1-23-19-26(40-34(43)35(11-3-12-35)33(42)39-25-7-5-24(36)6-8-25)9-10-29(23)47-32-27-20-30(44-2)31(21-28(27)37-22-38-32)46-16-4-13-41-14-17-45-18-15-41/h5-10,19-22H,3-4,11-18H2,1-2H3,(H,39,42)(H,40,43). The summed E-state index contributed by atoms with van der Waals surface area (Å²) >= 11 is 0. The van der Waals surface area contributed by atoms with Crippen molar-refractivity contribution in [3.63, 3.8) is 0 Å². The van der Waals surface area contributed by atoms with Gasteiger partial charge in [0.2, 0.25) is 17.7 Å². The fourth-order valence-corrected chi connectivity index (χ4v) is 5.76. The second kappa shape index (κ2) is 14.3. The van der Waals surface area contributed by atoms with Crippen LogP contribution in [-0.4, -0.2) is 73.2 Å². The number of hydrogen-bond donors (Lipinski definition) is 2. The van der Waals surface area contributed by atoms with E-state index in [9.17, 15) is 14.0 Å². The summed E-state index contributed by atoms with van der Waals surface area (Å²) in [5, 5.41) is 6.31. The van der Waals surface area contributed by atoms with Gasteiger partial charge >= 0.3 is 0 Å². The monoisotopic (exact) mass is 643 g/mol. The van der Waals surface area contributed by atoms with Crippen LogP contribution in [0.2, 0.25) is 0 Å². The highest BCUT2D eigenvalue weighted by molar-refractivity contribution is 6.15. The lowest BCUT2D eigenvalue weighted by Crippen LogP contribution is -2.50. The molecule has 0 radical (unpaired) electrons. The maximum Gasteiger partial charge on any atom is 0.240 e. The molecule has 2 amide bonds. The minimum atomic E-state index is -1.19. The molecular formula is C35H38FN5O6. The number of nitrogens with one attached hydrogen (secondary N) is 2. The molecule has 2 N–H and O–H groups in total. The van der Waals surface area contributed by atoms with Gasteiger partial charge in [0.15, 0.2) is 11.5 Å². The van der Waals surface area contributed by atoms with Crippen molar-refractivity contribution in [2.24, 2.45) is 5.41 Å². The molecule has 1 aliphatic carbocycles. The Morgan fingerprint density at radius 3 is 2.34 bits per heavy atom. The first-order chi connectivity index (χ1) is 22.8. The molecule has 0 bridgehead atoms. The van der Waals surface area contributed by atoms with Gasteiger partial charge in [-0.05, 0) is 80.3 Å². The molecule has 0 unspecified atom stereocenters. The average molecular weight is 644 g/mol. The van der Waals surface area contributed by atoms with Crippen molar-refractivity contribution in [3.8, 4) is 23.1 Å². The largest absolute Gasteiger partial charge is 0.493 e. The van der Waals surface area contributed by atoms with E-state index in [-0.39, 0.29) is 5.91 Å². The van der Waals surface area contributed by atoms with Crippen molar-refractivity contribution in [1.29, 1.82) is 0 Å². The highest BCUT2D eigenvalue weighted by Crippen LogP contribution is 2.43. The molecule has 246 valence electrons. The number of morpholine rings is 1. The topological polar surface area (TPSA) is 124 Å². The van der Waals surface area contributed by atoms with Crippen LogP contribution in [0.5, 0.6) is 23.1 Å². The summed E-state index contributed by atoms with van der Waals surface area (Å²) in [6.45, 7) is 6.75. The van der Waals surface area contributed by atoms with Gasteiger partial charge in [-0.3, -0.25) is 14.5 Å². The van der Waals surface area contributed by atoms with Crippen LogP contribution in [0.15, 0.2) is 60.9 Å². The van der Waals surface area contributed by atoms with E-state index in [0.29, 0.717) is 64.9 Å². The van der Waals surface area contributed by atoms with E-state index in [0.717, 1.165) is 51.3 Å². The fraction of sp³-hybridized carbons (Fsp3) is 0.371. The molecule has 2 heterocycles. The Morgan fingerprint density at radius 2 is 1.66 bits per heavy atom. The summed E-state index contributed by atoms with van der Waals surface area (Å²) < 4.78 is 36.6. The Kier molecular flexibility index (Phi) is 9.79. The Hall–Kier alpha value is -4.81. The predicted octanol–water partition coefficient (Wildman–Crippen LogP) is 5.73. The molecule has 2 fully saturated rings. The van der Waals surface area contributed by atoms with Crippen LogP contribution in [0, 0.1) is 18.2 Å². The van der Waals surface area contributed by atoms with Crippen LogP contribution in [0.1, 0.15) is 31.2 Å². The number of carbonyl (C=O) groups excluding carboxylic acids is 2. The van der Waals surface area contributed by atoms with Gasteiger partial charge in [-0.1, -0.05) is 6.42 Å². The van der Waals surface area contributed by atoms with E-state index >= 15 is 0 Å². The molecule has 47 heavy (non-hydrogen) atoms. The number of amides is 2. The molecule has 4 aromatic rings. The van der Waals surface area contributed by atoms with Gasteiger partial charge in [0.1, 0.15) is 23.3 Å². The molecule has 1 saturated carbocycles. The van der Waals surface area contributed by atoms with Crippen molar-refractivity contribution in [1.82, 2.24) is 14.9 Å². The lowest BCUT2D eigenvalue weighted by molar-refractivity contribution is -0.142. The third-order valence-electron chi connectivity index (χ3n) is 8.68. The highest BCUT2D eigenvalue weighted by Gasteiger charge is 2.50. The Labute approximate surface area is 272 Å². The molecule has 6 rings (SSSR count). The van der Waals surface area contributed by atoms with Gasteiger partial charge in [0.05, 0.1) is 37.8 Å². The zero-order chi connectivity index (χ0) is 32.8. The van der Waals surface area contributed by atoms with E-state index in [1.807, 2.05) is 13.0 Å². The molecule has 3 aromatic carbocycles. The third-order valence-corrected chi connectivity index (χ3v) is 8.68. The van der Waals surface area contributed by atoms with Crippen molar-refractivity contribution in [3.05, 3.63) is 72.3 Å². The van der Waals surface area contributed by atoms with E-state index in [4.69, 9.17) is 18.9 Å². The Morgan fingerprint density at radius 1 is 0.936 bits per heavy atom. The van der Waals surface area contributed by atoms with Gasteiger partial charge < -0.3 is 29.6 Å². The van der Waals surface area contributed by atoms with Crippen LogP contribution in [0.3, 0.4) is 0 Å². The van der Waals surface area contributed by atoms with E-state index in [2.05, 4.69) is 25.5 Å². The summed E-state index contributed by atoms with van der Waals surface area (Å²) in [6.07, 6.45) is 3.93. The van der Waals surface area contributed by atoms with Gasteiger partial charge in [-0.2, -0.15) is 0 Å². The van der Waals surface area contributed by atoms with Crippen LogP contribution >= 0.6 is 0 Å². The van der Waals surface area contributed by atoms with Gasteiger partial charge in [0.25, 0.3) is 0 Å². The summed E-state index contributed by atoms with van der Waals surface area (Å²) in [7, 11) is 1.59. The lowest BCUT2D eigenvalue weighted by Gasteiger charge is -2.38. The van der Waals surface area contributed by atoms with E-state index in [1.54, 1.807) is 31.4 Å². The molecule has 11 nitrogen and oxygen atoms in total. The first-order valence-electron chi connectivity index (χ1n) is 15.8. The number of aryl methyl sites for hydroxylation is 1. The third kappa shape index (κ3) is 7.28. The zero-order valence-electron chi connectivity index (χ0n) is 26.5. The number of halogens is 1. The summed E-state index contributed by atoms with van der Waals surface area (Å²) in [6, 6.07) is 14.3. The molecule has 1 aromatic heterocycles. The normalized spacial score (nSPS) is 15.8. The van der Waals surface area contributed by atoms with Gasteiger partial charge in [0, 0.05) is 37.1 Å². The second-order valence-corrected chi connectivity index (χ2v) is 11.8. The SMILES string of the molecule is COc1cc2c(Oc3ccc(NC(=O)C4(C(=O)Nc5ccc(F)cc5)CCC4)cc3C)ncnc2cc1OCCCN1CCOCC1. The number of ether oxygens (including phenoxy) is 4. The smallest absolute Gasteiger partial charge is 0.240 e. The van der Waals surface area contributed by atoms with Crippen molar-refractivity contribution >= 4 is 34.1 Å². The molecule has 1 saturated heterocycles. The number of fused-ring (bicyclic) bond motifs is 1. The number of anilines is 2. The minimum Gasteiger partial charge on any atom is -0.493 e. The first-order valence-corrected chi connectivity index (χ1v) is 15.8. The Bertz CT molecular complexity index is 1740. The highest BCUT2D eigenvalue weighted by atomic mass is 19.1. The second-order valence-electron chi connectivity index (χ2n) is 11.8. The molecule has 12 heteroatoms. The molecule has 0 spiro atoms. The van der Waals surface area contributed by atoms with Crippen molar-refractivity contribution in [2.75, 3.05) is 57.2 Å². The minimum absolute atomic E-state index is 0.345. The summed E-state index contributed by atoms with van der Waals surface area (Å²) in [4.78, 5) is 37.7. The van der Waals surface area contributed by atoms with Crippen molar-refractivity contribution < 1.29 is 32.9 Å². The molecule has 2 aliphatic rings. The molecule has 1 aliphatic heterocycles. The predicted molar refractivity (Wildman–Crippen MR) is 175 cm³/mol. The van der Waals surface area contributed by atoms with E-state index in [1.165, 1.54) is 30.6 Å². The number of aromatic nitrogens is 2. The maximum atomic E-state index is 13.4. The van der Waals surface area contributed by atoms with E-state index < -0.39 is 17.1 Å². The quantitative estimate of drug-likeness (QED) is 0.147. The van der Waals surface area contributed by atoms with Crippen LogP contribution in [-0.2, 0) is 14.3 Å². The lowest BCUT2D eigenvalue weighted by atomic mass is 9.67. The zero-order valence-corrected chi connectivity index (χ0v) is 26.5. The molecule has 0 atom stereocenters. The number of carbonyl (C=O) groups is 2. The first kappa shape index (κ1) is 32.1. The van der Waals surface area contributed by atoms with Crippen LogP contribution in [0.25, 0.3) is 10.9 Å². The Balaban J connectivity index is 1.11. The van der Waals surface area contributed by atoms with Crippen molar-refractivity contribution in [2.45, 2.75) is 32.6 Å².